The van der Waals surface area contributed by atoms with Crippen molar-refractivity contribution >= 4 is 11.8 Å². The van der Waals surface area contributed by atoms with Crippen LogP contribution in [0.5, 0.6) is 11.6 Å². The molecule has 0 saturated carbocycles. The summed E-state index contributed by atoms with van der Waals surface area (Å²) in [6.45, 7) is 5.67. The molecule has 0 amide bonds. The molecule has 7 heteroatoms. The van der Waals surface area contributed by atoms with Crippen molar-refractivity contribution in [3.8, 4) is 22.9 Å². The summed E-state index contributed by atoms with van der Waals surface area (Å²) >= 11 is 1.55. The standard InChI is InChI=1S/C25H27FN2O3S/c1-25(2)16-17-6-4-5-7-20(17)22-21(25)23(28-24(27-22)32-15-14-29-3)31-13-12-30-19-10-8-18(26)9-11-19/h4-11H,12-16H2,1-3H3. The van der Waals surface area contributed by atoms with E-state index >= 15 is 0 Å². The molecule has 1 aromatic heterocycles. The van der Waals surface area contributed by atoms with Crippen molar-refractivity contribution < 1.29 is 18.6 Å². The van der Waals surface area contributed by atoms with Crippen LogP contribution in [-0.4, -0.2) is 42.7 Å². The first-order valence-electron chi connectivity index (χ1n) is 10.6. The highest BCUT2D eigenvalue weighted by Gasteiger charge is 2.36. The van der Waals surface area contributed by atoms with Gasteiger partial charge in [0.1, 0.15) is 24.8 Å². The molecule has 0 fully saturated rings. The summed E-state index contributed by atoms with van der Waals surface area (Å²) in [4.78, 5) is 9.67. The number of methoxy groups -OCH3 is 1. The van der Waals surface area contributed by atoms with E-state index in [1.165, 1.54) is 17.7 Å². The second-order valence-corrected chi connectivity index (χ2v) is 9.31. The largest absolute Gasteiger partial charge is 0.490 e. The van der Waals surface area contributed by atoms with Crippen molar-refractivity contribution in [3.05, 3.63) is 65.5 Å². The van der Waals surface area contributed by atoms with Crippen LogP contribution in [0.25, 0.3) is 11.3 Å². The third kappa shape index (κ3) is 5.05. The first-order valence-corrected chi connectivity index (χ1v) is 11.6. The van der Waals surface area contributed by atoms with Gasteiger partial charge < -0.3 is 14.2 Å². The van der Waals surface area contributed by atoms with Gasteiger partial charge in [-0.1, -0.05) is 49.9 Å². The molecule has 1 aliphatic rings. The quantitative estimate of drug-likeness (QED) is 0.248. The number of hydrogen-bond donors (Lipinski definition) is 0. The molecule has 2 aromatic carbocycles. The topological polar surface area (TPSA) is 53.5 Å². The third-order valence-corrected chi connectivity index (χ3v) is 6.17. The number of halogens is 1. The zero-order valence-corrected chi connectivity index (χ0v) is 19.4. The highest BCUT2D eigenvalue weighted by Crippen LogP contribution is 2.46. The number of thioether (sulfide) groups is 1. The molecule has 0 saturated heterocycles. The van der Waals surface area contributed by atoms with Crippen molar-refractivity contribution in [2.45, 2.75) is 30.8 Å². The number of rotatable bonds is 9. The summed E-state index contributed by atoms with van der Waals surface area (Å²) in [6, 6.07) is 14.3. The maximum Gasteiger partial charge on any atom is 0.221 e. The maximum absolute atomic E-state index is 13.1. The Hall–Kier alpha value is -2.64. The van der Waals surface area contributed by atoms with Crippen LogP contribution in [0.2, 0.25) is 0 Å². The van der Waals surface area contributed by atoms with Crippen molar-refractivity contribution in [2.24, 2.45) is 0 Å². The Kier molecular flexibility index (Phi) is 6.96. The average molecular weight is 455 g/mol. The Bertz CT molecular complexity index is 1070. The molecule has 1 heterocycles. The van der Waals surface area contributed by atoms with E-state index in [1.54, 1.807) is 31.0 Å². The van der Waals surface area contributed by atoms with Crippen molar-refractivity contribution in [2.75, 3.05) is 32.7 Å². The number of benzene rings is 2. The van der Waals surface area contributed by atoms with Crippen LogP contribution in [0.1, 0.15) is 25.0 Å². The van der Waals surface area contributed by atoms with E-state index in [0.717, 1.165) is 29.0 Å². The molecule has 1 aliphatic carbocycles. The van der Waals surface area contributed by atoms with Gasteiger partial charge in [0, 0.05) is 29.4 Å². The molecule has 0 spiro atoms. The van der Waals surface area contributed by atoms with Gasteiger partial charge in [-0.05, 0) is 36.2 Å². The van der Waals surface area contributed by atoms with E-state index in [4.69, 9.17) is 24.2 Å². The molecule has 0 radical (unpaired) electrons. The van der Waals surface area contributed by atoms with Crippen LogP contribution in [0.4, 0.5) is 4.39 Å². The molecule has 5 nitrogen and oxygen atoms in total. The Balaban J connectivity index is 1.60. The van der Waals surface area contributed by atoms with Crippen LogP contribution in [0, 0.1) is 5.82 Å². The second kappa shape index (κ2) is 9.88. The highest BCUT2D eigenvalue weighted by atomic mass is 32.2. The van der Waals surface area contributed by atoms with E-state index in [9.17, 15) is 4.39 Å². The monoisotopic (exact) mass is 454 g/mol. The van der Waals surface area contributed by atoms with Crippen molar-refractivity contribution in [3.63, 3.8) is 0 Å². The lowest BCUT2D eigenvalue weighted by Crippen LogP contribution is -2.28. The molecule has 4 rings (SSSR count). The van der Waals surface area contributed by atoms with Gasteiger partial charge in [-0.2, -0.15) is 4.98 Å². The van der Waals surface area contributed by atoms with E-state index in [0.29, 0.717) is 36.6 Å². The van der Waals surface area contributed by atoms with Crippen molar-refractivity contribution in [1.29, 1.82) is 0 Å². The van der Waals surface area contributed by atoms with E-state index < -0.39 is 0 Å². The molecule has 0 atom stereocenters. The fraction of sp³-hybridized carbons (Fsp3) is 0.360. The van der Waals surface area contributed by atoms with Gasteiger partial charge in [0.25, 0.3) is 0 Å². The maximum atomic E-state index is 13.1. The number of fused-ring (bicyclic) bond motifs is 3. The van der Waals surface area contributed by atoms with E-state index in [-0.39, 0.29) is 11.2 Å². The normalized spacial score (nSPS) is 13.9. The minimum atomic E-state index is -0.290. The zero-order valence-electron chi connectivity index (χ0n) is 18.6. The summed E-state index contributed by atoms with van der Waals surface area (Å²) in [6.07, 6.45) is 0.887. The van der Waals surface area contributed by atoms with Crippen LogP contribution >= 0.6 is 11.8 Å². The predicted octanol–water partition coefficient (Wildman–Crippen LogP) is 5.31. The second-order valence-electron chi connectivity index (χ2n) is 8.24. The lowest BCUT2D eigenvalue weighted by molar-refractivity contribution is 0.206. The molecule has 3 aromatic rings. The zero-order chi connectivity index (χ0) is 22.6. The average Bonchev–Trinajstić information content (AvgIpc) is 2.77. The number of nitrogens with zero attached hydrogens (tertiary/aromatic N) is 2. The SMILES string of the molecule is COCCSc1nc(OCCOc2ccc(F)cc2)c2c(n1)-c1ccccc1CC2(C)C. The Labute approximate surface area is 192 Å². The molecule has 0 bridgehead atoms. The third-order valence-electron chi connectivity index (χ3n) is 5.36. The number of hydrogen-bond acceptors (Lipinski definition) is 6. The molecular weight excluding hydrogens is 427 g/mol. The van der Waals surface area contributed by atoms with Crippen LogP contribution in [0.15, 0.2) is 53.7 Å². The molecular formula is C25H27FN2O3S. The fourth-order valence-electron chi connectivity index (χ4n) is 3.91. The summed E-state index contributed by atoms with van der Waals surface area (Å²) in [7, 11) is 1.68. The summed E-state index contributed by atoms with van der Waals surface area (Å²) < 4.78 is 30.1. The van der Waals surface area contributed by atoms with Gasteiger partial charge in [0.2, 0.25) is 5.88 Å². The van der Waals surface area contributed by atoms with E-state index in [1.807, 2.05) is 6.07 Å². The molecule has 0 N–H and O–H groups in total. The van der Waals surface area contributed by atoms with E-state index in [2.05, 4.69) is 32.0 Å². The minimum Gasteiger partial charge on any atom is -0.490 e. The first kappa shape index (κ1) is 22.6. The lowest BCUT2D eigenvalue weighted by atomic mass is 9.72. The molecule has 168 valence electrons. The fourth-order valence-corrected chi connectivity index (χ4v) is 4.65. The Morgan fingerprint density at radius 3 is 2.50 bits per heavy atom. The van der Waals surface area contributed by atoms with Crippen molar-refractivity contribution in [1.82, 2.24) is 9.97 Å². The van der Waals surface area contributed by atoms with Gasteiger partial charge in [-0.3, -0.25) is 0 Å². The lowest BCUT2D eigenvalue weighted by Gasteiger charge is -2.34. The van der Waals surface area contributed by atoms with Gasteiger partial charge in [-0.15, -0.1) is 0 Å². The van der Waals surface area contributed by atoms with Gasteiger partial charge in [0.15, 0.2) is 5.16 Å². The summed E-state index contributed by atoms with van der Waals surface area (Å²) in [5.41, 5.74) is 4.19. The minimum absolute atomic E-state index is 0.174. The number of ether oxygens (including phenoxy) is 3. The van der Waals surface area contributed by atoms with Crippen LogP contribution in [-0.2, 0) is 16.6 Å². The summed E-state index contributed by atoms with van der Waals surface area (Å²) in [5, 5.41) is 0.669. The molecule has 0 aliphatic heterocycles. The Morgan fingerprint density at radius 1 is 0.969 bits per heavy atom. The first-order chi connectivity index (χ1) is 15.5. The smallest absolute Gasteiger partial charge is 0.221 e. The van der Waals surface area contributed by atoms with Crippen LogP contribution in [0.3, 0.4) is 0 Å². The predicted molar refractivity (Wildman–Crippen MR) is 124 cm³/mol. The molecule has 0 unspecified atom stereocenters. The van der Waals surface area contributed by atoms with Gasteiger partial charge in [-0.25, -0.2) is 9.37 Å². The Morgan fingerprint density at radius 2 is 1.72 bits per heavy atom. The van der Waals surface area contributed by atoms with Gasteiger partial charge in [0.05, 0.1) is 12.3 Å². The number of aromatic nitrogens is 2. The van der Waals surface area contributed by atoms with Crippen LogP contribution < -0.4 is 9.47 Å². The highest BCUT2D eigenvalue weighted by molar-refractivity contribution is 7.99. The molecule has 32 heavy (non-hydrogen) atoms. The summed E-state index contributed by atoms with van der Waals surface area (Å²) in [5.74, 6) is 1.66. The van der Waals surface area contributed by atoms with Gasteiger partial charge >= 0.3 is 0 Å².